The van der Waals surface area contributed by atoms with Crippen LogP contribution < -0.4 is 0 Å². The van der Waals surface area contributed by atoms with E-state index in [1.807, 2.05) is 0 Å². The molecule has 26 heavy (non-hydrogen) atoms. The predicted octanol–water partition coefficient (Wildman–Crippen LogP) is 3.09. The molecule has 0 heterocycles. The smallest absolute Gasteiger partial charge is 0.306 e. The van der Waals surface area contributed by atoms with E-state index in [9.17, 15) is 19.8 Å². The van der Waals surface area contributed by atoms with Crippen LogP contribution in [0.1, 0.15) is 35.8 Å². The molecule has 6 heteroatoms. The number of hydrogen-bond donors (Lipinski definition) is 2. The van der Waals surface area contributed by atoms with Gasteiger partial charge in [0.05, 0.1) is 27.1 Å². The Labute approximate surface area is 152 Å². The first-order valence-corrected chi connectivity index (χ1v) is 8.16. The van der Waals surface area contributed by atoms with Gasteiger partial charge in [-0.25, -0.2) is 0 Å². The third kappa shape index (κ3) is 4.99. The van der Waals surface area contributed by atoms with Crippen LogP contribution in [0, 0.1) is 0 Å². The first kappa shape index (κ1) is 19.3. The van der Waals surface area contributed by atoms with Gasteiger partial charge in [0.15, 0.2) is 0 Å². The fourth-order valence-electron chi connectivity index (χ4n) is 2.95. The molecule has 0 radical (unpaired) electrons. The minimum Gasteiger partial charge on any atom is -0.508 e. The first-order chi connectivity index (χ1) is 12.4. The molecule has 0 aliphatic heterocycles. The summed E-state index contributed by atoms with van der Waals surface area (Å²) in [5, 5.41) is 19.1. The minimum absolute atomic E-state index is 0.0593. The quantitative estimate of drug-likeness (QED) is 0.739. The number of phenols is 2. The molecule has 0 fully saturated rings. The van der Waals surface area contributed by atoms with Crippen molar-refractivity contribution < 1.29 is 29.3 Å². The van der Waals surface area contributed by atoms with Crippen molar-refractivity contribution in [2.75, 3.05) is 14.2 Å². The van der Waals surface area contributed by atoms with Crippen LogP contribution in [0.2, 0.25) is 0 Å². The van der Waals surface area contributed by atoms with Crippen LogP contribution in [-0.2, 0) is 19.1 Å². The Morgan fingerprint density at radius 3 is 1.31 bits per heavy atom. The molecule has 0 amide bonds. The third-order valence-electron chi connectivity index (χ3n) is 4.36. The number of carbonyl (C=O) groups is 2. The van der Waals surface area contributed by atoms with Gasteiger partial charge < -0.3 is 19.7 Å². The molecule has 0 aliphatic carbocycles. The van der Waals surface area contributed by atoms with Crippen molar-refractivity contribution in [2.24, 2.45) is 0 Å². The van der Waals surface area contributed by atoms with Gasteiger partial charge in [-0.1, -0.05) is 24.3 Å². The molecule has 0 saturated heterocycles. The Hall–Kier alpha value is -3.02. The lowest BCUT2D eigenvalue weighted by atomic mass is 9.77. The van der Waals surface area contributed by atoms with Gasteiger partial charge in [0.1, 0.15) is 11.5 Å². The van der Waals surface area contributed by atoms with Crippen LogP contribution in [-0.4, -0.2) is 36.4 Å². The number of carbonyl (C=O) groups excluding carboxylic acids is 2. The molecule has 2 unspecified atom stereocenters. The zero-order valence-corrected chi connectivity index (χ0v) is 14.7. The Morgan fingerprint density at radius 2 is 1.04 bits per heavy atom. The van der Waals surface area contributed by atoms with Crippen molar-refractivity contribution in [1.29, 1.82) is 0 Å². The van der Waals surface area contributed by atoms with Crippen molar-refractivity contribution in [3.8, 4) is 11.5 Å². The van der Waals surface area contributed by atoms with E-state index in [1.54, 1.807) is 24.3 Å². The molecule has 138 valence electrons. The summed E-state index contributed by atoms with van der Waals surface area (Å²) in [6.45, 7) is 0. The fraction of sp³-hybridized carbons (Fsp3) is 0.300. The average Bonchev–Trinajstić information content (AvgIpc) is 2.65. The van der Waals surface area contributed by atoms with Crippen molar-refractivity contribution in [1.82, 2.24) is 0 Å². The van der Waals surface area contributed by atoms with Crippen LogP contribution in [0.5, 0.6) is 11.5 Å². The number of hydrogen-bond acceptors (Lipinski definition) is 6. The summed E-state index contributed by atoms with van der Waals surface area (Å²) in [5.74, 6) is -1.33. The lowest BCUT2D eigenvalue weighted by Gasteiger charge is -2.27. The Kier molecular flexibility index (Phi) is 6.60. The summed E-state index contributed by atoms with van der Waals surface area (Å²) < 4.78 is 9.64. The second-order valence-electron chi connectivity index (χ2n) is 5.96. The highest BCUT2D eigenvalue weighted by Gasteiger charge is 2.30. The van der Waals surface area contributed by atoms with E-state index in [0.717, 1.165) is 11.1 Å². The summed E-state index contributed by atoms with van der Waals surface area (Å²) in [4.78, 5) is 24.0. The average molecular weight is 358 g/mol. The Bertz CT molecular complexity index is 670. The maximum absolute atomic E-state index is 12.0. The van der Waals surface area contributed by atoms with Crippen LogP contribution in [0.25, 0.3) is 0 Å². The molecule has 2 N–H and O–H groups in total. The number of esters is 2. The molecule has 0 saturated carbocycles. The van der Waals surface area contributed by atoms with Crippen molar-refractivity contribution in [3.05, 3.63) is 59.7 Å². The standard InChI is InChI=1S/C20H22O6/c1-25-19(23)11-17(13-3-7-15(21)8-4-13)18(12-20(24)26-2)14-5-9-16(22)10-6-14/h3-10,17-18,21-22H,11-12H2,1-2H3. The van der Waals surface area contributed by atoms with Gasteiger partial charge in [0.25, 0.3) is 0 Å². The largest absolute Gasteiger partial charge is 0.508 e. The number of ether oxygens (including phenoxy) is 2. The Balaban J connectivity index is 2.47. The van der Waals surface area contributed by atoms with E-state index >= 15 is 0 Å². The maximum Gasteiger partial charge on any atom is 0.306 e. The van der Waals surface area contributed by atoms with E-state index in [4.69, 9.17) is 9.47 Å². The van der Waals surface area contributed by atoms with Crippen molar-refractivity contribution in [2.45, 2.75) is 24.7 Å². The predicted molar refractivity (Wildman–Crippen MR) is 95.0 cm³/mol. The summed E-state index contributed by atoms with van der Waals surface area (Å²) in [6.07, 6.45) is 0.119. The van der Waals surface area contributed by atoms with Gasteiger partial charge in [-0.15, -0.1) is 0 Å². The molecule has 2 rings (SSSR count). The maximum atomic E-state index is 12.0. The van der Waals surface area contributed by atoms with Gasteiger partial charge in [-0.05, 0) is 35.4 Å². The normalized spacial score (nSPS) is 12.8. The molecular formula is C20H22O6. The van der Waals surface area contributed by atoms with E-state index in [-0.39, 0.29) is 36.2 Å². The lowest BCUT2D eigenvalue weighted by Crippen LogP contribution is -2.20. The van der Waals surface area contributed by atoms with Gasteiger partial charge in [-0.3, -0.25) is 9.59 Å². The summed E-state index contributed by atoms with van der Waals surface area (Å²) in [5.41, 5.74) is 1.57. The topological polar surface area (TPSA) is 93.1 Å². The SMILES string of the molecule is COC(=O)CC(c1ccc(O)cc1)C(CC(=O)OC)c1ccc(O)cc1. The fourth-order valence-corrected chi connectivity index (χ4v) is 2.95. The molecule has 2 aromatic carbocycles. The summed E-state index contributed by atoms with van der Waals surface area (Å²) in [7, 11) is 2.62. The number of phenolic OH excluding ortho intramolecular Hbond substituents is 2. The van der Waals surface area contributed by atoms with Gasteiger partial charge in [0, 0.05) is 11.8 Å². The van der Waals surface area contributed by atoms with Gasteiger partial charge in [-0.2, -0.15) is 0 Å². The van der Waals surface area contributed by atoms with E-state index in [1.165, 1.54) is 38.5 Å². The highest BCUT2D eigenvalue weighted by atomic mass is 16.5. The van der Waals surface area contributed by atoms with Crippen LogP contribution >= 0.6 is 0 Å². The molecule has 2 atom stereocenters. The molecule has 0 bridgehead atoms. The zero-order valence-electron chi connectivity index (χ0n) is 14.7. The molecule has 0 aliphatic rings. The van der Waals surface area contributed by atoms with Gasteiger partial charge >= 0.3 is 11.9 Å². The number of aromatic hydroxyl groups is 2. The number of benzene rings is 2. The summed E-state index contributed by atoms with van der Waals surface area (Å²) >= 11 is 0. The van der Waals surface area contributed by atoms with E-state index in [2.05, 4.69) is 0 Å². The lowest BCUT2D eigenvalue weighted by molar-refractivity contribution is -0.143. The monoisotopic (exact) mass is 358 g/mol. The van der Waals surface area contributed by atoms with Gasteiger partial charge in [0.2, 0.25) is 0 Å². The number of rotatable bonds is 7. The van der Waals surface area contributed by atoms with Crippen LogP contribution in [0.15, 0.2) is 48.5 Å². The van der Waals surface area contributed by atoms with Crippen molar-refractivity contribution in [3.63, 3.8) is 0 Å². The molecular weight excluding hydrogens is 336 g/mol. The highest BCUT2D eigenvalue weighted by molar-refractivity contribution is 5.73. The molecule has 0 aromatic heterocycles. The van der Waals surface area contributed by atoms with Crippen LogP contribution in [0.3, 0.4) is 0 Å². The van der Waals surface area contributed by atoms with Crippen molar-refractivity contribution >= 4 is 11.9 Å². The second-order valence-corrected chi connectivity index (χ2v) is 5.96. The second kappa shape index (κ2) is 8.89. The molecule has 6 nitrogen and oxygen atoms in total. The minimum atomic E-state index is -0.406. The summed E-state index contributed by atoms with van der Waals surface area (Å²) in [6, 6.07) is 13.0. The first-order valence-electron chi connectivity index (χ1n) is 8.16. The van der Waals surface area contributed by atoms with E-state index < -0.39 is 11.9 Å². The van der Waals surface area contributed by atoms with Crippen LogP contribution in [0.4, 0.5) is 0 Å². The Morgan fingerprint density at radius 1 is 0.731 bits per heavy atom. The molecule has 0 spiro atoms. The van der Waals surface area contributed by atoms with E-state index in [0.29, 0.717) is 0 Å². The molecule has 2 aromatic rings. The zero-order chi connectivity index (χ0) is 19.1. The highest BCUT2D eigenvalue weighted by Crippen LogP contribution is 2.39. The third-order valence-corrected chi connectivity index (χ3v) is 4.36. The number of methoxy groups -OCH3 is 2.